The second-order valence-corrected chi connectivity index (χ2v) is 7.91. The molecule has 1 aliphatic rings. The van der Waals surface area contributed by atoms with Crippen LogP contribution in [-0.2, 0) is 10.0 Å². The van der Waals surface area contributed by atoms with Gasteiger partial charge in [0.05, 0.1) is 4.90 Å². The first-order chi connectivity index (χ1) is 11.5. The standard InChI is InChI=1S/C16H19ClN4O2S/c17-15-10-11-18-16(20-15)19-12-6-8-14(9-7-12)24(22,23)21-13-4-2-1-3-5-13/h6-11,13,21H,1-5H2,(H,18,19,20). The van der Waals surface area contributed by atoms with Crippen molar-refractivity contribution in [2.45, 2.75) is 43.0 Å². The third kappa shape index (κ3) is 4.43. The van der Waals surface area contributed by atoms with Gasteiger partial charge in [-0.3, -0.25) is 0 Å². The number of halogens is 1. The first-order valence-electron chi connectivity index (χ1n) is 7.91. The van der Waals surface area contributed by atoms with E-state index in [2.05, 4.69) is 20.0 Å². The molecule has 0 saturated heterocycles. The normalized spacial score (nSPS) is 16.0. The number of benzene rings is 1. The van der Waals surface area contributed by atoms with Crippen LogP contribution in [0.25, 0.3) is 0 Å². The van der Waals surface area contributed by atoms with Crippen molar-refractivity contribution in [3.63, 3.8) is 0 Å². The predicted octanol–water partition coefficient (Wildman–Crippen LogP) is 3.48. The lowest BCUT2D eigenvalue weighted by Crippen LogP contribution is -2.36. The molecule has 2 N–H and O–H groups in total. The van der Waals surface area contributed by atoms with Gasteiger partial charge in [-0.1, -0.05) is 30.9 Å². The molecule has 0 unspecified atom stereocenters. The van der Waals surface area contributed by atoms with Gasteiger partial charge in [0.1, 0.15) is 5.15 Å². The number of hydrogen-bond acceptors (Lipinski definition) is 5. The maximum absolute atomic E-state index is 12.4. The van der Waals surface area contributed by atoms with Crippen LogP contribution in [-0.4, -0.2) is 24.4 Å². The van der Waals surface area contributed by atoms with Gasteiger partial charge in [-0.25, -0.2) is 23.1 Å². The minimum atomic E-state index is -3.49. The number of nitrogens with zero attached hydrogens (tertiary/aromatic N) is 2. The molecule has 1 fully saturated rings. The second-order valence-electron chi connectivity index (χ2n) is 5.81. The van der Waals surface area contributed by atoms with Crippen LogP contribution in [0.5, 0.6) is 0 Å². The molecule has 1 aromatic heterocycles. The molecule has 0 radical (unpaired) electrons. The van der Waals surface area contributed by atoms with E-state index in [1.807, 2.05) is 0 Å². The van der Waals surface area contributed by atoms with Crippen LogP contribution in [0, 0.1) is 0 Å². The molecule has 0 aliphatic heterocycles. The molecule has 1 aromatic carbocycles. The molecule has 0 bridgehead atoms. The van der Waals surface area contributed by atoms with Gasteiger partial charge in [-0.2, -0.15) is 0 Å². The summed E-state index contributed by atoms with van der Waals surface area (Å²) >= 11 is 5.81. The SMILES string of the molecule is O=S(=O)(NC1CCCCC1)c1ccc(Nc2nccc(Cl)n2)cc1. The van der Waals surface area contributed by atoms with E-state index < -0.39 is 10.0 Å². The maximum atomic E-state index is 12.4. The van der Waals surface area contributed by atoms with Crippen LogP contribution in [0.4, 0.5) is 11.6 Å². The maximum Gasteiger partial charge on any atom is 0.240 e. The Hall–Kier alpha value is -1.70. The summed E-state index contributed by atoms with van der Waals surface area (Å²) in [4.78, 5) is 8.33. The Morgan fingerprint density at radius 3 is 2.42 bits per heavy atom. The topological polar surface area (TPSA) is 84.0 Å². The van der Waals surface area contributed by atoms with Crippen LogP contribution < -0.4 is 10.0 Å². The summed E-state index contributed by atoms with van der Waals surface area (Å²) in [5.74, 6) is 0.360. The van der Waals surface area contributed by atoms with Gasteiger partial charge in [0.2, 0.25) is 16.0 Å². The zero-order chi connectivity index (χ0) is 17.0. The average Bonchev–Trinajstić information content (AvgIpc) is 2.56. The lowest BCUT2D eigenvalue weighted by molar-refractivity contribution is 0.412. The Kier molecular flexibility index (Phi) is 5.33. The van der Waals surface area contributed by atoms with Crippen molar-refractivity contribution in [1.82, 2.24) is 14.7 Å². The van der Waals surface area contributed by atoms with Crippen molar-refractivity contribution in [1.29, 1.82) is 0 Å². The Labute approximate surface area is 146 Å². The molecule has 0 spiro atoms. The first-order valence-corrected chi connectivity index (χ1v) is 9.77. The van der Waals surface area contributed by atoms with Gasteiger partial charge < -0.3 is 5.32 Å². The highest BCUT2D eigenvalue weighted by molar-refractivity contribution is 7.89. The molecule has 1 aliphatic carbocycles. The van der Waals surface area contributed by atoms with Crippen molar-refractivity contribution in [3.05, 3.63) is 41.7 Å². The quantitative estimate of drug-likeness (QED) is 0.791. The van der Waals surface area contributed by atoms with E-state index in [4.69, 9.17) is 11.6 Å². The summed E-state index contributed by atoms with van der Waals surface area (Å²) in [7, 11) is -3.49. The fourth-order valence-electron chi connectivity index (χ4n) is 2.75. The van der Waals surface area contributed by atoms with E-state index in [0.29, 0.717) is 16.8 Å². The fourth-order valence-corrected chi connectivity index (χ4v) is 4.19. The summed E-state index contributed by atoms with van der Waals surface area (Å²) in [5, 5.41) is 3.32. The van der Waals surface area contributed by atoms with Crippen LogP contribution in [0.3, 0.4) is 0 Å². The summed E-state index contributed by atoms with van der Waals surface area (Å²) in [6, 6.07) is 8.12. The molecule has 6 nitrogen and oxygen atoms in total. The van der Waals surface area contributed by atoms with Crippen LogP contribution >= 0.6 is 11.6 Å². The van der Waals surface area contributed by atoms with Gasteiger partial charge in [-0.15, -0.1) is 0 Å². The number of rotatable bonds is 5. The highest BCUT2D eigenvalue weighted by atomic mass is 35.5. The highest BCUT2D eigenvalue weighted by Gasteiger charge is 2.21. The highest BCUT2D eigenvalue weighted by Crippen LogP contribution is 2.21. The number of aromatic nitrogens is 2. The Bertz CT molecular complexity index is 790. The Balaban J connectivity index is 1.69. The molecule has 2 aromatic rings. The third-order valence-corrected chi connectivity index (χ3v) is 5.72. The lowest BCUT2D eigenvalue weighted by Gasteiger charge is -2.22. The van der Waals surface area contributed by atoms with Gasteiger partial charge >= 0.3 is 0 Å². The predicted molar refractivity (Wildman–Crippen MR) is 94.0 cm³/mol. The van der Waals surface area contributed by atoms with Crippen LogP contribution in [0.2, 0.25) is 5.15 Å². The molecule has 24 heavy (non-hydrogen) atoms. The molecule has 8 heteroatoms. The molecular formula is C16H19ClN4O2S. The summed E-state index contributed by atoms with van der Waals surface area (Å²) in [6.45, 7) is 0. The molecule has 0 atom stereocenters. The summed E-state index contributed by atoms with van der Waals surface area (Å²) in [6.07, 6.45) is 6.70. The van der Waals surface area contributed by atoms with Crippen molar-refractivity contribution in [2.24, 2.45) is 0 Å². The summed E-state index contributed by atoms with van der Waals surface area (Å²) in [5.41, 5.74) is 0.689. The minimum absolute atomic E-state index is 0.0430. The fraction of sp³-hybridized carbons (Fsp3) is 0.375. The van der Waals surface area contributed by atoms with E-state index in [1.54, 1.807) is 36.5 Å². The molecular weight excluding hydrogens is 348 g/mol. The molecule has 128 valence electrons. The summed E-state index contributed by atoms with van der Waals surface area (Å²) < 4.78 is 27.7. The van der Waals surface area contributed by atoms with Crippen LogP contribution in [0.15, 0.2) is 41.4 Å². The Morgan fingerprint density at radius 1 is 1.04 bits per heavy atom. The number of sulfonamides is 1. The molecule has 0 amide bonds. The third-order valence-electron chi connectivity index (χ3n) is 3.97. The van der Waals surface area contributed by atoms with Crippen molar-refractivity contribution in [2.75, 3.05) is 5.32 Å². The second kappa shape index (κ2) is 7.46. The van der Waals surface area contributed by atoms with E-state index in [-0.39, 0.29) is 10.9 Å². The minimum Gasteiger partial charge on any atom is -0.324 e. The lowest BCUT2D eigenvalue weighted by atomic mass is 9.96. The van der Waals surface area contributed by atoms with Crippen molar-refractivity contribution >= 4 is 33.3 Å². The first kappa shape index (κ1) is 17.1. The zero-order valence-corrected chi connectivity index (χ0v) is 14.6. The molecule has 3 rings (SSSR count). The van der Waals surface area contributed by atoms with Crippen LogP contribution in [0.1, 0.15) is 32.1 Å². The van der Waals surface area contributed by atoms with E-state index in [1.165, 1.54) is 6.42 Å². The van der Waals surface area contributed by atoms with Crippen molar-refractivity contribution in [3.8, 4) is 0 Å². The largest absolute Gasteiger partial charge is 0.324 e. The Morgan fingerprint density at radius 2 is 1.75 bits per heavy atom. The number of anilines is 2. The van der Waals surface area contributed by atoms with Gasteiger partial charge in [0.15, 0.2) is 0 Å². The van der Waals surface area contributed by atoms with E-state index in [9.17, 15) is 8.42 Å². The number of hydrogen-bond donors (Lipinski definition) is 2. The molecule has 1 saturated carbocycles. The van der Waals surface area contributed by atoms with Crippen molar-refractivity contribution < 1.29 is 8.42 Å². The van der Waals surface area contributed by atoms with Gasteiger partial charge in [0, 0.05) is 17.9 Å². The van der Waals surface area contributed by atoms with E-state index >= 15 is 0 Å². The molecule has 1 heterocycles. The van der Waals surface area contributed by atoms with Gasteiger partial charge in [0.25, 0.3) is 0 Å². The number of nitrogens with one attached hydrogen (secondary N) is 2. The average molecular weight is 367 g/mol. The zero-order valence-electron chi connectivity index (χ0n) is 13.1. The smallest absolute Gasteiger partial charge is 0.240 e. The van der Waals surface area contributed by atoms with Gasteiger partial charge in [-0.05, 0) is 43.2 Å². The van der Waals surface area contributed by atoms with E-state index in [0.717, 1.165) is 25.7 Å². The monoisotopic (exact) mass is 366 g/mol.